The molecular formula is C15H22Cl2IN3O2S. The highest BCUT2D eigenvalue weighted by Crippen LogP contribution is 2.23. The first-order chi connectivity index (χ1) is 10.8. The Morgan fingerprint density at radius 2 is 2.08 bits per heavy atom. The molecule has 0 saturated carbocycles. The molecule has 1 saturated heterocycles. The molecule has 1 N–H and O–H groups in total. The van der Waals surface area contributed by atoms with Crippen LogP contribution in [0.4, 0.5) is 0 Å². The minimum Gasteiger partial charge on any atom is -0.356 e. The molecule has 2 rings (SSSR count). The van der Waals surface area contributed by atoms with Crippen molar-refractivity contribution in [2.75, 3.05) is 32.1 Å². The molecule has 1 fully saturated rings. The Balaban J connectivity index is 0.00000288. The largest absolute Gasteiger partial charge is 0.356 e. The number of rotatable bonds is 4. The van der Waals surface area contributed by atoms with E-state index in [1.54, 1.807) is 13.1 Å². The molecule has 0 amide bonds. The Morgan fingerprint density at radius 1 is 1.38 bits per heavy atom. The van der Waals surface area contributed by atoms with Gasteiger partial charge in [0.25, 0.3) is 0 Å². The molecule has 9 heteroatoms. The summed E-state index contributed by atoms with van der Waals surface area (Å²) in [6, 6.07) is 5.52. The summed E-state index contributed by atoms with van der Waals surface area (Å²) in [6.45, 7) is 1.23. The third-order valence-corrected chi connectivity index (χ3v) is 6.43. The molecule has 1 heterocycles. The maximum Gasteiger partial charge on any atom is 0.193 e. The smallest absolute Gasteiger partial charge is 0.193 e. The Kier molecular flexibility index (Phi) is 8.58. The van der Waals surface area contributed by atoms with Gasteiger partial charge in [-0.1, -0.05) is 29.3 Å². The Labute approximate surface area is 170 Å². The van der Waals surface area contributed by atoms with Crippen LogP contribution in [0.2, 0.25) is 10.0 Å². The van der Waals surface area contributed by atoms with Gasteiger partial charge in [0.15, 0.2) is 15.8 Å². The molecule has 1 aliphatic heterocycles. The fraction of sp³-hybridized carbons (Fsp3) is 0.533. The number of benzene rings is 1. The predicted molar refractivity (Wildman–Crippen MR) is 111 cm³/mol. The van der Waals surface area contributed by atoms with Crippen molar-refractivity contribution in [1.82, 2.24) is 10.2 Å². The molecule has 1 aliphatic rings. The van der Waals surface area contributed by atoms with Gasteiger partial charge in [-0.2, -0.15) is 0 Å². The fourth-order valence-electron chi connectivity index (χ4n) is 2.64. The molecular weight excluding hydrogens is 484 g/mol. The van der Waals surface area contributed by atoms with E-state index in [4.69, 9.17) is 23.2 Å². The molecule has 0 radical (unpaired) electrons. The van der Waals surface area contributed by atoms with E-state index in [0.717, 1.165) is 11.5 Å². The van der Waals surface area contributed by atoms with Crippen LogP contribution in [0.3, 0.4) is 0 Å². The van der Waals surface area contributed by atoms with Crippen LogP contribution in [0.1, 0.15) is 12.0 Å². The highest BCUT2D eigenvalue weighted by atomic mass is 127. The van der Waals surface area contributed by atoms with Crippen molar-refractivity contribution in [1.29, 1.82) is 0 Å². The van der Waals surface area contributed by atoms with Gasteiger partial charge >= 0.3 is 0 Å². The van der Waals surface area contributed by atoms with Gasteiger partial charge in [-0.05, 0) is 30.0 Å². The topological polar surface area (TPSA) is 61.8 Å². The minimum atomic E-state index is -2.85. The van der Waals surface area contributed by atoms with E-state index in [1.165, 1.54) is 0 Å². The van der Waals surface area contributed by atoms with Crippen LogP contribution < -0.4 is 5.32 Å². The Bertz CT molecular complexity index is 698. The number of nitrogens with zero attached hydrogens (tertiary/aromatic N) is 2. The summed E-state index contributed by atoms with van der Waals surface area (Å²) in [5.41, 5.74) is 1.02. The summed E-state index contributed by atoms with van der Waals surface area (Å²) in [7, 11) is 0.779. The molecule has 136 valence electrons. The van der Waals surface area contributed by atoms with Gasteiger partial charge in [-0.25, -0.2) is 8.42 Å². The van der Waals surface area contributed by atoms with E-state index >= 15 is 0 Å². The van der Waals surface area contributed by atoms with E-state index in [2.05, 4.69) is 10.3 Å². The molecule has 0 bridgehead atoms. The second kappa shape index (κ2) is 9.45. The third kappa shape index (κ3) is 6.24. The zero-order chi connectivity index (χ0) is 17.0. The lowest BCUT2D eigenvalue weighted by Crippen LogP contribution is -2.40. The number of sulfone groups is 1. The monoisotopic (exact) mass is 505 g/mol. The van der Waals surface area contributed by atoms with E-state index in [9.17, 15) is 8.42 Å². The quantitative estimate of drug-likeness (QED) is 0.388. The van der Waals surface area contributed by atoms with Crippen molar-refractivity contribution in [2.24, 2.45) is 10.9 Å². The average Bonchev–Trinajstić information content (AvgIpc) is 2.83. The summed E-state index contributed by atoms with van der Waals surface area (Å²) >= 11 is 12.0. The lowest BCUT2D eigenvalue weighted by Gasteiger charge is -2.23. The molecule has 1 unspecified atom stereocenters. The van der Waals surface area contributed by atoms with Crippen molar-refractivity contribution in [3.05, 3.63) is 33.8 Å². The number of halogens is 3. The van der Waals surface area contributed by atoms with Crippen molar-refractivity contribution in [2.45, 2.75) is 13.0 Å². The Morgan fingerprint density at radius 3 is 2.62 bits per heavy atom. The van der Waals surface area contributed by atoms with Crippen LogP contribution in [0.5, 0.6) is 0 Å². The maximum absolute atomic E-state index is 11.5. The zero-order valence-electron chi connectivity index (χ0n) is 13.6. The van der Waals surface area contributed by atoms with Crippen molar-refractivity contribution < 1.29 is 8.42 Å². The normalized spacial score (nSPS) is 19.7. The predicted octanol–water partition coefficient (Wildman–Crippen LogP) is 3.05. The molecule has 24 heavy (non-hydrogen) atoms. The van der Waals surface area contributed by atoms with Crippen molar-refractivity contribution in [3.8, 4) is 0 Å². The van der Waals surface area contributed by atoms with E-state index in [1.807, 2.05) is 24.1 Å². The van der Waals surface area contributed by atoms with Gasteiger partial charge in [0.1, 0.15) is 0 Å². The molecule has 0 spiro atoms. The van der Waals surface area contributed by atoms with Crippen LogP contribution in [-0.4, -0.2) is 51.4 Å². The van der Waals surface area contributed by atoms with Crippen molar-refractivity contribution in [3.63, 3.8) is 0 Å². The van der Waals surface area contributed by atoms with E-state index < -0.39 is 9.84 Å². The van der Waals surface area contributed by atoms with Crippen LogP contribution in [0, 0.1) is 5.92 Å². The SMILES string of the molecule is CN=C(NCC1CCS(=O)(=O)C1)N(C)Cc1ccc(Cl)c(Cl)c1.I. The maximum atomic E-state index is 11.5. The second-order valence-electron chi connectivity index (χ2n) is 5.80. The number of hydrogen-bond acceptors (Lipinski definition) is 3. The molecule has 1 atom stereocenters. The summed E-state index contributed by atoms with van der Waals surface area (Å²) in [5.74, 6) is 1.42. The van der Waals surface area contributed by atoms with Crippen molar-refractivity contribution >= 4 is 63.0 Å². The number of aliphatic imine (C=N–C) groups is 1. The van der Waals surface area contributed by atoms with Gasteiger partial charge in [0.2, 0.25) is 0 Å². The minimum absolute atomic E-state index is 0. The Hall–Kier alpha value is -0.250. The first-order valence-corrected chi connectivity index (χ1v) is 9.94. The van der Waals surface area contributed by atoms with Gasteiger partial charge in [-0.3, -0.25) is 4.99 Å². The standard InChI is InChI=1S/C15H21Cl2N3O2S.HI/c1-18-15(19-8-12-5-6-23(21,22)10-12)20(2)9-11-3-4-13(16)14(17)7-11;/h3-4,7,12H,5-6,8-10H2,1-2H3,(H,18,19);1H. The number of guanidine groups is 1. The number of nitrogens with one attached hydrogen (secondary N) is 1. The van der Waals surface area contributed by atoms with E-state index in [0.29, 0.717) is 29.6 Å². The summed E-state index contributed by atoms with van der Waals surface area (Å²) in [5, 5.41) is 4.30. The summed E-state index contributed by atoms with van der Waals surface area (Å²) in [6.07, 6.45) is 0.711. The lowest BCUT2D eigenvalue weighted by molar-refractivity contribution is 0.463. The molecule has 5 nitrogen and oxygen atoms in total. The van der Waals surface area contributed by atoms with E-state index in [-0.39, 0.29) is 41.4 Å². The van der Waals surface area contributed by atoms with Crippen LogP contribution >= 0.6 is 47.2 Å². The highest BCUT2D eigenvalue weighted by molar-refractivity contribution is 14.0. The molecule has 0 aliphatic carbocycles. The first-order valence-electron chi connectivity index (χ1n) is 7.37. The van der Waals surface area contributed by atoms with Gasteiger partial charge in [0.05, 0.1) is 21.6 Å². The summed E-state index contributed by atoms with van der Waals surface area (Å²) < 4.78 is 23.0. The van der Waals surface area contributed by atoms with Crippen LogP contribution in [0.15, 0.2) is 23.2 Å². The first kappa shape index (κ1) is 21.8. The average molecular weight is 506 g/mol. The summed E-state index contributed by atoms with van der Waals surface area (Å²) in [4.78, 5) is 6.21. The molecule has 1 aromatic carbocycles. The van der Waals surface area contributed by atoms with Gasteiger partial charge in [-0.15, -0.1) is 24.0 Å². The molecule has 1 aromatic rings. The molecule has 0 aromatic heterocycles. The van der Waals surface area contributed by atoms with Gasteiger partial charge in [0, 0.05) is 27.2 Å². The lowest BCUT2D eigenvalue weighted by atomic mass is 10.1. The second-order valence-corrected chi connectivity index (χ2v) is 8.84. The fourth-order valence-corrected chi connectivity index (χ4v) is 4.82. The van der Waals surface area contributed by atoms with Gasteiger partial charge < -0.3 is 10.2 Å². The number of hydrogen-bond donors (Lipinski definition) is 1. The van der Waals surface area contributed by atoms with Crippen LogP contribution in [0.25, 0.3) is 0 Å². The zero-order valence-corrected chi connectivity index (χ0v) is 18.3. The van der Waals surface area contributed by atoms with Crippen LogP contribution in [-0.2, 0) is 16.4 Å². The third-order valence-electron chi connectivity index (χ3n) is 3.85. The highest BCUT2D eigenvalue weighted by Gasteiger charge is 2.27.